The summed E-state index contributed by atoms with van der Waals surface area (Å²) in [6, 6.07) is 16.1. The molecule has 0 aliphatic rings. The van der Waals surface area contributed by atoms with Crippen LogP contribution in [0.2, 0.25) is 0 Å². The lowest BCUT2D eigenvalue weighted by Crippen LogP contribution is -2.24. The van der Waals surface area contributed by atoms with Crippen LogP contribution in [-0.2, 0) is 19.3 Å². The van der Waals surface area contributed by atoms with E-state index in [0.717, 1.165) is 35.5 Å². The van der Waals surface area contributed by atoms with E-state index in [9.17, 15) is 18.0 Å². The highest BCUT2D eigenvalue weighted by molar-refractivity contribution is 5.94. The lowest BCUT2D eigenvalue weighted by molar-refractivity contribution is -0.137. The van der Waals surface area contributed by atoms with Crippen LogP contribution in [0.1, 0.15) is 28.7 Å². The predicted octanol–water partition coefficient (Wildman–Crippen LogP) is 5.19. The molecule has 0 fully saturated rings. The van der Waals surface area contributed by atoms with Gasteiger partial charge in [-0.05, 0) is 49.4 Å². The molecule has 0 saturated carbocycles. The lowest BCUT2D eigenvalue weighted by Gasteiger charge is -2.09. The van der Waals surface area contributed by atoms with E-state index in [1.165, 1.54) is 0 Å². The molecule has 0 aliphatic heterocycles. The molecular formula is C23H19F3N4O2. The van der Waals surface area contributed by atoms with Gasteiger partial charge < -0.3 is 14.6 Å². The molecule has 0 saturated heterocycles. The highest BCUT2D eigenvalue weighted by Crippen LogP contribution is 2.30. The number of benzene rings is 2. The lowest BCUT2D eigenvalue weighted by atomic mass is 10.2. The summed E-state index contributed by atoms with van der Waals surface area (Å²) in [6.45, 7) is 3.02. The van der Waals surface area contributed by atoms with E-state index in [4.69, 9.17) is 4.74 Å². The summed E-state index contributed by atoms with van der Waals surface area (Å²) in [7, 11) is 0. The number of nitrogens with zero attached hydrogens (tertiary/aromatic N) is 3. The van der Waals surface area contributed by atoms with Gasteiger partial charge in [-0.2, -0.15) is 13.2 Å². The molecule has 0 spiro atoms. The van der Waals surface area contributed by atoms with Gasteiger partial charge in [0, 0.05) is 24.4 Å². The fourth-order valence-electron chi connectivity index (χ4n) is 3.28. The Morgan fingerprint density at radius 3 is 2.47 bits per heavy atom. The van der Waals surface area contributed by atoms with Crippen molar-refractivity contribution in [2.45, 2.75) is 26.2 Å². The van der Waals surface area contributed by atoms with Crippen LogP contribution in [0.25, 0.3) is 11.0 Å². The summed E-state index contributed by atoms with van der Waals surface area (Å²) in [6.07, 6.45) is -3.75. The minimum absolute atomic E-state index is 0.0219. The molecular weight excluding hydrogens is 421 g/mol. The van der Waals surface area contributed by atoms with Gasteiger partial charge in [-0.3, -0.25) is 4.79 Å². The summed E-state index contributed by atoms with van der Waals surface area (Å²) in [5.74, 6) is 0.851. The maximum absolute atomic E-state index is 12.6. The summed E-state index contributed by atoms with van der Waals surface area (Å²) in [5, 5.41) is 2.86. The maximum Gasteiger partial charge on any atom is 0.417 e. The summed E-state index contributed by atoms with van der Waals surface area (Å²) >= 11 is 0. The van der Waals surface area contributed by atoms with Gasteiger partial charge in [-0.1, -0.05) is 12.1 Å². The van der Waals surface area contributed by atoms with Crippen LogP contribution >= 0.6 is 0 Å². The number of halogens is 3. The zero-order valence-corrected chi connectivity index (χ0v) is 17.1. The Balaban J connectivity index is 1.39. The summed E-state index contributed by atoms with van der Waals surface area (Å²) < 4.78 is 45.3. The largest absolute Gasteiger partial charge is 0.439 e. The summed E-state index contributed by atoms with van der Waals surface area (Å²) in [5.41, 5.74) is 1.44. The van der Waals surface area contributed by atoms with Crippen LogP contribution in [0.5, 0.6) is 11.6 Å². The molecule has 0 aliphatic carbocycles. The van der Waals surface area contributed by atoms with E-state index in [1.807, 2.05) is 35.8 Å². The molecule has 32 heavy (non-hydrogen) atoms. The molecule has 6 nitrogen and oxygen atoms in total. The number of nitrogens with one attached hydrogen (secondary N) is 1. The number of carbonyl (C=O) groups excluding carboxylic acids is 1. The number of rotatable bonds is 6. The second kappa shape index (κ2) is 8.70. The van der Waals surface area contributed by atoms with Crippen molar-refractivity contribution >= 4 is 16.9 Å². The third-order valence-corrected chi connectivity index (χ3v) is 4.86. The first-order chi connectivity index (χ1) is 15.3. The van der Waals surface area contributed by atoms with Crippen molar-refractivity contribution in [3.63, 3.8) is 0 Å². The Morgan fingerprint density at radius 2 is 1.81 bits per heavy atom. The number of aryl methyl sites for hydroxylation is 1. The molecule has 9 heteroatoms. The maximum atomic E-state index is 12.6. The number of alkyl halides is 3. The first kappa shape index (κ1) is 21.4. The number of aromatic nitrogens is 3. The van der Waals surface area contributed by atoms with Gasteiger partial charge in [0.25, 0.3) is 5.91 Å². The standard InChI is InChI=1S/C23H19F3N4O2/c1-2-30-19-6-4-3-5-18(19)29-20(30)14-28-22(31)15-7-10-17(11-8-15)32-21-12-9-16(13-27-21)23(24,25)26/h3-13H,2,14H2,1H3,(H,28,31). The van der Waals surface area contributed by atoms with Crippen LogP contribution in [0, 0.1) is 0 Å². The van der Waals surface area contributed by atoms with Crippen molar-refractivity contribution in [3.05, 3.63) is 83.8 Å². The number of pyridine rings is 1. The molecule has 0 atom stereocenters. The van der Waals surface area contributed by atoms with Gasteiger partial charge >= 0.3 is 6.18 Å². The molecule has 0 radical (unpaired) electrons. The Kier molecular flexibility index (Phi) is 5.81. The average molecular weight is 440 g/mol. The Labute approximate surface area is 181 Å². The van der Waals surface area contributed by atoms with E-state index in [-0.39, 0.29) is 18.3 Å². The zero-order valence-electron chi connectivity index (χ0n) is 17.1. The minimum Gasteiger partial charge on any atom is -0.439 e. The van der Waals surface area contributed by atoms with Crippen LogP contribution < -0.4 is 10.1 Å². The van der Waals surface area contributed by atoms with Crippen LogP contribution in [0.3, 0.4) is 0 Å². The van der Waals surface area contributed by atoms with Crippen molar-refractivity contribution in [2.24, 2.45) is 0 Å². The molecule has 4 aromatic rings. The Hall–Kier alpha value is -3.88. The number of para-hydroxylation sites is 2. The quantitative estimate of drug-likeness (QED) is 0.448. The first-order valence-electron chi connectivity index (χ1n) is 9.88. The van der Waals surface area contributed by atoms with Crippen molar-refractivity contribution in [1.82, 2.24) is 19.9 Å². The van der Waals surface area contributed by atoms with Gasteiger partial charge in [0.2, 0.25) is 5.88 Å². The third-order valence-electron chi connectivity index (χ3n) is 4.86. The molecule has 2 aromatic heterocycles. The van der Waals surface area contributed by atoms with E-state index in [0.29, 0.717) is 17.5 Å². The van der Waals surface area contributed by atoms with Gasteiger partial charge in [-0.25, -0.2) is 9.97 Å². The topological polar surface area (TPSA) is 69.0 Å². The third kappa shape index (κ3) is 4.56. The van der Waals surface area contributed by atoms with Crippen molar-refractivity contribution in [3.8, 4) is 11.6 Å². The molecule has 1 amide bonds. The molecule has 2 heterocycles. The van der Waals surface area contributed by atoms with Crippen molar-refractivity contribution in [1.29, 1.82) is 0 Å². The monoisotopic (exact) mass is 440 g/mol. The first-order valence-corrected chi connectivity index (χ1v) is 9.88. The van der Waals surface area contributed by atoms with Crippen LogP contribution in [0.4, 0.5) is 13.2 Å². The second-order valence-electron chi connectivity index (χ2n) is 6.95. The number of hydrogen-bond donors (Lipinski definition) is 1. The number of amides is 1. The van der Waals surface area contributed by atoms with Crippen molar-refractivity contribution < 1.29 is 22.7 Å². The van der Waals surface area contributed by atoms with Crippen LogP contribution in [0.15, 0.2) is 66.9 Å². The molecule has 4 rings (SSSR count). The highest BCUT2D eigenvalue weighted by atomic mass is 19.4. The fraction of sp³-hybridized carbons (Fsp3) is 0.174. The van der Waals surface area contributed by atoms with Crippen LogP contribution in [-0.4, -0.2) is 20.4 Å². The molecule has 2 aromatic carbocycles. The van der Waals surface area contributed by atoms with E-state index in [2.05, 4.69) is 15.3 Å². The zero-order chi connectivity index (χ0) is 22.7. The molecule has 164 valence electrons. The minimum atomic E-state index is -4.46. The van der Waals surface area contributed by atoms with Gasteiger partial charge in [0.05, 0.1) is 23.1 Å². The van der Waals surface area contributed by atoms with E-state index < -0.39 is 11.7 Å². The number of ether oxygens (including phenoxy) is 1. The van der Waals surface area contributed by atoms with Crippen molar-refractivity contribution in [2.75, 3.05) is 0 Å². The van der Waals surface area contributed by atoms with Gasteiger partial charge in [-0.15, -0.1) is 0 Å². The normalized spacial score (nSPS) is 11.5. The van der Waals surface area contributed by atoms with E-state index in [1.54, 1.807) is 24.3 Å². The number of imidazole rings is 1. The Morgan fingerprint density at radius 1 is 1.06 bits per heavy atom. The number of carbonyl (C=O) groups is 1. The van der Waals surface area contributed by atoms with E-state index >= 15 is 0 Å². The Bertz CT molecular complexity index is 1230. The SMILES string of the molecule is CCn1c(CNC(=O)c2ccc(Oc3ccc(C(F)(F)F)cn3)cc2)nc2ccccc21. The highest BCUT2D eigenvalue weighted by Gasteiger charge is 2.30. The average Bonchev–Trinajstić information content (AvgIpc) is 3.15. The second-order valence-corrected chi connectivity index (χ2v) is 6.95. The number of hydrogen-bond acceptors (Lipinski definition) is 4. The molecule has 1 N–H and O–H groups in total. The number of fused-ring (bicyclic) bond motifs is 1. The molecule has 0 bridgehead atoms. The predicted molar refractivity (Wildman–Crippen MR) is 112 cm³/mol. The molecule has 0 unspecified atom stereocenters. The summed E-state index contributed by atoms with van der Waals surface area (Å²) in [4.78, 5) is 20.8. The van der Waals surface area contributed by atoms with Gasteiger partial charge in [0.15, 0.2) is 0 Å². The smallest absolute Gasteiger partial charge is 0.417 e. The van der Waals surface area contributed by atoms with Gasteiger partial charge in [0.1, 0.15) is 11.6 Å². The fourth-order valence-corrected chi connectivity index (χ4v) is 3.28.